The lowest BCUT2D eigenvalue weighted by Crippen LogP contribution is -2.41. The number of rotatable bonds is 8. The zero-order chi connectivity index (χ0) is 20.6. The van der Waals surface area contributed by atoms with Gasteiger partial charge in [-0.15, -0.1) is 0 Å². The van der Waals surface area contributed by atoms with Crippen molar-refractivity contribution in [1.29, 1.82) is 0 Å². The first kappa shape index (κ1) is 20.5. The number of anilines is 2. The van der Waals surface area contributed by atoms with Gasteiger partial charge in [-0.25, -0.2) is 0 Å². The molecule has 3 rings (SSSR count). The molecule has 1 aliphatic heterocycles. The molecule has 0 unspecified atom stereocenters. The molecule has 0 aromatic heterocycles. The fourth-order valence-electron chi connectivity index (χ4n) is 3.07. The van der Waals surface area contributed by atoms with Gasteiger partial charge in [0.05, 0.1) is 13.7 Å². The van der Waals surface area contributed by atoms with Crippen molar-refractivity contribution in [2.45, 2.75) is 19.3 Å². The predicted octanol–water partition coefficient (Wildman–Crippen LogP) is 3.05. The lowest BCUT2D eigenvalue weighted by Gasteiger charge is -2.26. The van der Waals surface area contributed by atoms with Crippen LogP contribution < -0.4 is 15.0 Å². The Hall–Kier alpha value is -3.19. The van der Waals surface area contributed by atoms with Crippen LogP contribution in [0.4, 0.5) is 11.4 Å². The lowest BCUT2D eigenvalue weighted by atomic mass is 10.1. The number of amides is 2. The van der Waals surface area contributed by atoms with E-state index in [1.54, 1.807) is 60.5 Å². The van der Waals surface area contributed by atoms with Gasteiger partial charge in [-0.2, -0.15) is 0 Å². The molecule has 2 aromatic rings. The molecule has 7 heteroatoms. The molecule has 0 saturated carbocycles. The molecule has 1 saturated heterocycles. The molecule has 1 N–H and O–H groups in total. The Balaban J connectivity index is 1.44. The van der Waals surface area contributed by atoms with Crippen molar-refractivity contribution in [1.82, 2.24) is 0 Å². The molecule has 0 radical (unpaired) electrons. The summed E-state index contributed by atoms with van der Waals surface area (Å²) in [5.74, 6) is 0.474. The molecule has 1 heterocycles. The van der Waals surface area contributed by atoms with E-state index >= 15 is 0 Å². The van der Waals surface area contributed by atoms with Crippen molar-refractivity contribution in [3.8, 4) is 5.75 Å². The number of morpholine rings is 1. The average Bonchev–Trinajstić information content (AvgIpc) is 2.75. The van der Waals surface area contributed by atoms with Crippen molar-refractivity contribution in [2.75, 3.05) is 37.1 Å². The maximum atomic E-state index is 12.2. The zero-order valence-corrected chi connectivity index (χ0v) is 16.3. The first-order chi connectivity index (χ1) is 14.1. The first-order valence-corrected chi connectivity index (χ1v) is 9.52. The quantitative estimate of drug-likeness (QED) is 0.693. The molecular weight excluding hydrogens is 372 g/mol. The number of ether oxygens (including phenoxy) is 2. The third kappa shape index (κ3) is 5.65. The highest BCUT2D eigenvalue weighted by Gasteiger charge is 2.20. The number of Topliss-reactive ketones (excluding diaryl/α,β-unsaturated/α-hetero) is 1. The van der Waals surface area contributed by atoms with Crippen LogP contribution in [0, 0.1) is 0 Å². The highest BCUT2D eigenvalue weighted by molar-refractivity contribution is 5.97. The topological polar surface area (TPSA) is 84.9 Å². The van der Waals surface area contributed by atoms with Crippen molar-refractivity contribution >= 4 is 29.0 Å². The van der Waals surface area contributed by atoms with Gasteiger partial charge in [-0.05, 0) is 55.0 Å². The van der Waals surface area contributed by atoms with Crippen LogP contribution in [0.25, 0.3) is 0 Å². The number of carbonyl (C=O) groups excluding carboxylic acids is 3. The summed E-state index contributed by atoms with van der Waals surface area (Å²) in [5.41, 5.74) is 2.04. The summed E-state index contributed by atoms with van der Waals surface area (Å²) in [7, 11) is 1.57. The van der Waals surface area contributed by atoms with Crippen molar-refractivity contribution in [3.05, 3.63) is 54.1 Å². The standard InChI is InChI=1S/C22H24N2O5/c1-28-19-11-5-16(6-12-19)20(25)3-2-4-21(26)23-17-7-9-18(10-8-17)24-13-14-29-15-22(24)27/h5-12H,2-4,13-15H2,1H3,(H,23,26). The van der Waals surface area contributed by atoms with Crippen molar-refractivity contribution < 1.29 is 23.9 Å². The predicted molar refractivity (Wildman–Crippen MR) is 109 cm³/mol. The highest BCUT2D eigenvalue weighted by Crippen LogP contribution is 2.20. The van der Waals surface area contributed by atoms with E-state index in [-0.39, 0.29) is 30.6 Å². The number of benzene rings is 2. The minimum Gasteiger partial charge on any atom is -0.497 e. The number of hydrogen-bond acceptors (Lipinski definition) is 5. The fourth-order valence-corrected chi connectivity index (χ4v) is 3.07. The van der Waals surface area contributed by atoms with Crippen LogP contribution in [0.5, 0.6) is 5.75 Å². The second kappa shape index (κ2) is 9.84. The maximum Gasteiger partial charge on any atom is 0.253 e. The van der Waals surface area contributed by atoms with Gasteiger partial charge in [-0.1, -0.05) is 0 Å². The monoisotopic (exact) mass is 396 g/mol. The van der Waals surface area contributed by atoms with Crippen LogP contribution in [0.15, 0.2) is 48.5 Å². The minimum atomic E-state index is -0.150. The molecule has 0 aliphatic carbocycles. The Bertz CT molecular complexity index is 862. The molecule has 2 amide bonds. The van der Waals surface area contributed by atoms with E-state index in [1.807, 2.05) is 0 Å². The van der Waals surface area contributed by atoms with Crippen LogP contribution in [0.2, 0.25) is 0 Å². The SMILES string of the molecule is COc1ccc(C(=O)CCCC(=O)Nc2ccc(N3CCOCC3=O)cc2)cc1. The molecule has 152 valence electrons. The zero-order valence-electron chi connectivity index (χ0n) is 16.3. The van der Waals surface area contributed by atoms with Crippen molar-refractivity contribution in [3.63, 3.8) is 0 Å². The third-order valence-electron chi connectivity index (χ3n) is 4.67. The first-order valence-electron chi connectivity index (χ1n) is 9.52. The van der Waals surface area contributed by atoms with E-state index in [4.69, 9.17) is 9.47 Å². The lowest BCUT2D eigenvalue weighted by molar-refractivity contribution is -0.125. The molecular formula is C22H24N2O5. The van der Waals surface area contributed by atoms with Gasteiger partial charge in [0.2, 0.25) is 5.91 Å². The summed E-state index contributed by atoms with van der Waals surface area (Å²) in [6.07, 6.45) is 1.03. The smallest absolute Gasteiger partial charge is 0.253 e. The fraction of sp³-hybridized carbons (Fsp3) is 0.318. The molecule has 0 atom stereocenters. The normalized spacial score (nSPS) is 13.8. The Morgan fingerprint density at radius 1 is 1.07 bits per heavy atom. The second-order valence-electron chi connectivity index (χ2n) is 6.70. The second-order valence-corrected chi connectivity index (χ2v) is 6.70. The van der Waals surface area contributed by atoms with E-state index in [9.17, 15) is 14.4 Å². The van der Waals surface area contributed by atoms with Crippen LogP contribution in [-0.2, 0) is 14.3 Å². The van der Waals surface area contributed by atoms with E-state index in [0.29, 0.717) is 43.0 Å². The summed E-state index contributed by atoms with van der Waals surface area (Å²) >= 11 is 0. The summed E-state index contributed by atoms with van der Waals surface area (Å²) in [6, 6.07) is 14.1. The third-order valence-corrected chi connectivity index (χ3v) is 4.67. The molecule has 1 fully saturated rings. The molecule has 7 nitrogen and oxygen atoms in total. The van der Waals surface area contributed by atoms with Gasteiger partial charge >= 0.3 is 0 Å². The summed E-state index contributed by atoms with van der Waals surface area (Å²) in [4.78, 5) is 37.8. The highest BCUT2D eigenvalue weighted by atomic mass is 16.5. The Morgan fingerprint density at radius 3 is 2.45 bits per heavy atom. The Kier molecular flexibility index (Phi) is 6.97. The Labute approximate surface area is 169 Å². The number of hydrogen-bond donors (Lipinski definition) is 1. The number of nitrogens with zero attached hydrogens (tertiary/aromatic N) is 1. The number of nitrogens with one attached hydrogen (secondary N) is 1. The minimum absolute atomic E-state index is 0.0000146. The maximum absolute atomic E-state index is 12.2. The van der Waals surface area contributed by atoms with E-state index in [0.717, 1.165) is 5.69 Å². The average molecular weight is 396 g/mol. The molecule has 2 aromatic carbocycles. The van der Waals surface area contributed by atoms with E-state index < -0.39 is 0 Å². The van der Waals surface area contributed by atoms with Crippen LogP contribution in [-0.4, -0.2) is 44.5 Å². The van der Waals surface area contributed by atoms with E-state index in [2.05, 4.69) is 5.32 Å². The van der Waals surface area contributed by atoms with Gasteiger partial charge in [0.15, 0.2) is 5.78 Å². The molecule has 0 spiro atoms. The summed E-state index contributed by atoms with van der Waals surface area (Å²) in [5, 5.41) is 2.82. The summed E-state index contributed by atoms with van der Waals surface area (Å²) < 4.78 is 10.2. The number of methoxy groups -OCH3 is 1. The van der Waals surface area contributed by atoms with Crippen molar-refractivity contribution in [2.24, 2.45) is 0 Å². The van der Waals surface area contributed by atoms with Gasteiger partial charge in [0.25, 0.3) is 5.91 Å². The van der Waals surface area contributed by atoms with Crippen LogP contribution >= 0.6 is 0 Å². The molecule has 29 heavy (non-hydrogen) atoms. The van der Waals surface area contributed by atoms with E-state index in [1.165, 1.54) is 0 Å². The van der Waals surface area contributed by atoms with Gasteiger partial charge in [-0.3, -0.25) is 14.4 Å². The number of ketones is 1. The van der Waals surface area contributed by atoms with Crippen LogP contribution in [0.3, 0.4) is 0 Å². The molecule has 0 bridgehead atoms. The number of carbonyl (C=O) groups is 3. The molecule has 1 aliphatic rings. The van der Waals surface area contributed by atoms with Gasteiger partial charge in [0, 0.05) is 36.3 Å². The van der Waals surface area contributed by atoms with Crippen LogP contribution in [0.1, 0.15) is 29.6 Å². The Morgan fingerprint density at radius 2 is 1.79 bits per heavy atom. The largest absolute Gasteiger partial charge is 0.497 e. The summed E-state index contributed by atoms with van der Waals surface area (Å²) in [6.45, 7) is 1.12. The van der Waals surface area contributed by atoms with Gasteiger partial charge < -0.3 is 19.7 Å². The van der Waals surface area contributed by atoms with Gasteiger partial charge in [0.1, 0.15) is 12.4 Å².